The van der Waals surface area contributed by atoms with Crippen LogP contribution in [0.25, 0.3) is 0 Å². The van der Waals surface area contributed by atoms with Gasteiger partial charge in [-0.25, -0.2) is 9.97 Å². The molecule has 5 heteroatoms. The average Bonchev–Trinajstić information content (AvgIpc) is 2.27. The normalized spacial score (nSPS) is 12.2. The second-order valence-electron chi connectivity index (χ2n) is 4.12. The number of rotatable bonds is 6. The number of nitrogens with zero attached hydrogens (tertiary/aromatic N) is 2. The number of aromatic nitrogens is 2. The van der Waals surface area contributed by atoms with Crippen LogP contribution in [0, 0.1) is 6.92 Å². The Kier molecular flexibility index (Phi) is 5.56. The molecule has 5 nitrogen and oxygen atoms in total. The lowest BCUT2D eigenvalue weighted by atomic mass is 10.1. The first-order chi connectivity index (χ1) is 8.11. The van der Waals surface area contributed by atoms with Gasteiger partial charge in [0.2, 0.25) is 5.91 Å². The van der Waals surface area contributed by atoms with Crippen molar-refractivity contribution in [1.29, 1.82) is 0 Å². The van der Waals surface area contributed by atoms with E-state index in [1.54, 1.807) is 12.3 Å². The Balaban J connectivity index is 2.33. The van der Waals surface area contributed by atoms with Gasteiger partial charge in [-0.05, 0) is 19.4 Å². The van der Waals surface area contributed by atoms with E-state index in [0.29, 0.717) is 18.8 Å². The highest BCUT2D eigenvalue weighted by Gasteiger charge is 2.08. The Hall–Kier alpha value is -1.49. The van der Waals surface area contributed by atoms with E-state index in [1.807, 2.05) is 6.92 Å². The minimum atomic E-state index is -0.0489. The van der Waals surface area contributed by atoms with E-state index in [2.05, 4.69) is 22.2 Å². The van der Waals surface area contributed by atoms with Gasteiger partial charge in [0, 0.05) is 18.7 Å². The molecule has 17 heavy (non-hydrogen) atoms. The molecule has 1 atom stereocenters. The van der Waals surface area contributed by atoms with E-state index in [1.165, 1.54) is 0 Å². The average molecular weight is 236 g/mol. The summed E-state index contributed by atoms with van der Waals surface area (Å²) >= 11 is 0. The third-order valence-electron chi connectivity index (χ3n) is 2.41. The van der Waals surface area contributed by atoms with Crippen LogP contribution in [0.15, 0.2) is 12.3 Å². The zero-order valence-electron chi connectivity index (χ0n) is 10.4. The van der Waals surface area contributed by atoms with Crippen LogP contribution in [0.1, 0.15) is 37.7 Å². The van der Waals surface area contributed by atoms with E-state index < -0.39 is 0 Å². The van der Waals surface area contributed by atoms with Crippen LogP contribution in [-0.2, 0) is 11.3 Å². The highest BCUT2D eigenvalue weighted by Crippen LogP contribution is 1.99. The second kappa shape index (κ2) is 6.96. The number of hydrogen-bond donors (Lipinski definition) is 2. The molecule has 1 rings (SSSR count). The highest BCUT2D eigenvalue weighted by atomic mass is 16.1. The molecule has 1 amide bonds. The van der Waals surface area contributed by atoms with Crippen LogP contribution in [0.3, 0.4) is 0 Å². The summed E-state index contributed by atoms with van der Waals surface area (Å²) in [5.41, 5.74) is 6.61. The van der Waals surface area contributed by atoms with E-state index in [0.717, 1.165) is 18.5 Å². The fraction of sp³-hybridized carbons (Fsp3) is 0.583. The Morgan fingerprint density at radius 2 is 2.35 bits per heavy atom. The molecule has 0 aromatic carbocycles. The number of nitrogens with two attached hydrogens (primary N) is 1. The minimum absolute atomic E-state index is 0.0257. The summed E-state index contributed by atoms with van der Waals surface area (Å²) in [6.07, 6.45) is 3.93. The summed E-state index contributed by atoms with van der Waals surface area (Å²) in [7, 11) is 0. The maximum absolute atomic E-state index is 11.6. The van der Waals surface area contributed by atoms with Gasteiger partial charge in [0.15, 0.2) is 0 Å². The van der Waals surface area contributed by atoms with E-state index >= 15 is 0 Å². The Morgan fingerprint density at radius 1 is 1.59 bits per heavy atom. The van der Waals surface area contributed by atoms with Crippen molar-refractivity contribution >= 4 is 5.91 Å². The summed E-state index contributed by atoms with van der Waals surface area (Å²) in [6.45, 7) is 4.31. The maximum Gasteiger partial charge on any atom is 0.221 e. The molecule has 3 N–H and O–H groups in total. The molecule has 0 spiro atoms. The molecule has 1 aromatic heterocycles. The van der Waals surface area contributed by atoms with E-state index in [-0.39, 0.29) is 11.9 Å². The van der Waals surface area contributed by atoms with Gasteiger partial charge in [0.25, 0.3) is 0 Å². The number of carbonyl (C=O) groups excluding carboxylic acids is 1. The fourth-order valence-electron chi connectivity index (χ4n) is 1.58. The van der Waals surface area contributed by atoms with Crippen molar-refractivity contribution in [2.45, 2.75) is 45.7 Å². The molecule has 0 fully saturated rings. The summed E-state index contributed by atoms with van der Waals surface area (Å²) in [5, 5.41) is 2.81. The molecule has 0 bridgehead atoms. The standard InChI is InChI=1S/C12H20N4O/c1-3-4-10(13)7-12(17)15-8-11-5-6-14-9(2)16-11/h5-6,10H,3-4,7-8,13H2,1-2H3,(H,15,17). The van der Waals surface area contributed by atoms with Gasteiger partial charge in [-0.3, -0.25) is 4.79 Å². The molecule has 0 aliphatic carbocycles. The Bertz CT molecular complexity index is 367. The number of hydrogen-bond acceptors (Lipinski definition) is 4. The number of aryl methyl sites for hydroxylation is 1. The largest absolute Gasteiger partial charge is 0.350 e. The summed E-state index contributed by atoms with van der Waals surface area (Å²) in [5.74, 6) is 0.682. The van der Waals surface area contributed by atoms with Crippen molar-refractivity contribution in [3.05, 3.63) is 23.8 Å². The summed E-state index contributed by atoms with van der Waals surface area (Å²) < 4.78 is 0. The van der Waals surface area contributed by atoms with Crippen molar-refractivity contribution in [2.75, 3.05) is 0 Å². The zero-order valence-corrected chi connectivity index (χ0v) is 10.4. The lowest BCUT2D eigenvalue weighted by Gasteiger charge is -2.10. The number of amides is 1. The molecule has 1 aromatic rings. The van der Waals surface area contributed by atoms with Crippen LogP contribution in [0.5, 0.6) is 0 Å². The topological polar surface area (TPSA) is 80.9 Å². The van der Waals surface area contributed by atoms with Crippen LogP contribution in [0.2, 0.25) is 0 Å². The quantitative estimate of drug-likeness (QED) is 0.769. The predicted octanol–water partition coefficient (Wildman–Crippen LogP) is 0.919. The molecule has 0 saturated carbocycles. The lowest BCUT2D eigenvalue weighted by Crippen LogP contribution is -2.31. The molecule has 1 heterocycles. The molecule has 0 radical (unpaired) electrons. The molecule has 94 valence electrons. The summed E-state index contributed by atoms with van der Waals surface area (Å²) in [6, 6.07) is 1.74. The van der Waals surface area contributed by atoms with Crippen LogP contribution < -0.4 is 11.1 Å². The highest BCUT2D eigenvalue weighted by molar-refractivity contribution is 5.76. The molecular formula is C12H20N4O. The first-order valence-corrected chi connectivity index (χ1v) is 5.92. The van der Waals surface area contributed by atoms with Crippen LogP contribution in [0.4, 0.5) is 0 Å². The van der Waals surface area contributed by atoms with E-state index in [9.17, 15) is 4.79 Å². The Labute approximate surface area is 102 Å². The first kappa shape index (κ1) is 13.6. The van der Waals surface area contributed by atoms with E-state index in [4.69, 9.17) is 5.73 Å². The summed E-state index contributed by atoms with van der Waals surface area (Å²) in [4.78, 5) is 19.8. The number of carbonyl (C=O) groups is 1. The Morgan fingerprint density at radius 3 is 3.00 bits per heavy atom. The van der Waals surface area contributed by atoms with Gasteiger partial charge in [0.05, 0.1) is 12.2 Å². The van der Waals surface area contributed by atoms with Crippen LogP contribution >= 0.6 is 0 Å². The van der Waals surface area contributed by atoms with Gasteiger partial charge in [0.1, 0.15) is 5.82 Å². The molecular weight excluding hydrogens is 216 g/mol. The maximum atomic E-state index is 11.6. The second-order valence-corrected chi connectivity index (χ2v) is 4.12. The van der Waals surface area contributed by atoms with Gasteiger partial charge >= 0.3 is 0 Å². The fourth-order valence-corrected chi connectivity index (χ4v) is 1.58. The zero-order chi connectivity index (χ0) is 12.7. The van der Waals surface area contributed by atoms with Crippen molar-refractivity contribution in [3.8, 4) is 0 Å². The van der Waals surface area contributed by atoms with Gasteiger partial charge in [-0.1, -0.05) is 13.3 Å². The third-order valence-corrected chi connectivity index (χ3v) is 2.41. The molecule has 0 aliphatic rings. The SMILES string of the molecule is CCCC(N)CC(=O)NCc1ccnc(C)n1. The van der Waals surface area contributed by atoms with Gasteiger partial charge in [-0.2, -0.15) is 0 Å². The smallest absolute Gasteiger partial charge is 0.221 e. The van der Waals surface area contributed by atoms with Gasteiger partial charge < -0.3 is 11.1 Å². The first-order valence-electron chi connectivity index (χ1n) is 5.92. The lowest BCUT2D eigenvalue weighted by molar-refractivity contribution is -0.121. The molecule has 0 saturated heterocycles. The van der Waals surface area contributed by atoms with Crippen LogP contribution in [-0.4, -0.2) is 21.9 Å². The number of nitrogens with one attached hydrogen (secondary N) is 1. The van der Waals surface area contributed by atoms with Crippen molar-refractivity contribution in [1.82, 2.24) is 15.3 Å². The minimum Gasteiger partial charge on any atom is -0.350 e. The van der Waals surface area contributed by atoms with Crippen molar-refractivity contribution in [3.63, 3.8) is 0 Å². The van der Waals surface area contributed by atoms with Gasteiger partial charge in [-0.15, -0.1) is 0 Å². The predicted molar refractivity (Wildman–Crippen MR) is 66.1 cm³/mol. The monoisotopic (exact) mass is 236 g/mol. The van der Waals surface area contributed by atoms with Crippen molar-refractivity contribution in [2.24, 2.45) is 5.73 Å². The molecule has 1 unspecified atom stereocenters. The van der Waals surface area contributed by atoms with Crippen molar-refractivity contribution < 1.29 is 4.79 Å². The third kappa shape index (κ3) is 5.40. The molecule has 0 aliphatic heterocycles.